The third-order valence-electron chi connectivity index (χ3n) is 3.01. The summed E-state index contributed by atoms with van der Waals surface area (Å²) < 4.78 is 5.62. The van der Waals surface area contributed by atoms with Crippen molar-refractivity contribution in [2.75, 3.05) is 13.2 Å². The summed E-state index contributed by atoms with van der Waals surface area (Å²) in [7, 11) is 0. The summed E-state index contributed by atoms with van der Waals surface area (Å²) in [5.41, 5.74) is 0.999. The fourth-order valence-electron chi connectivity index (χ4n) is 1.93. The van der Waals surface area contributed by atoms with Crippen LogP contribution < -0.4 is 10.1 Å². The zero-order valence-corrected chi connectivity index (χ0v) is 12.8. The molecule has 0 bridgehead atoms. The summed E-state index contributed by atoms with van der Waals surface area (Å²) in [5, 5.41) is 4.56. The van der Waals surface area contributed by atoms with Crippen molar-refractivity contribution < 1.29 is 4.74 Å². The molecular weight excluding hydrogens is 293 g/mol. The number of ether oxygens (including phenoxy) is 1. The number of halogens is 2. The molecular formula is C16H17Cl2NO. The quantitative estimate of drug-likeness (QED) is 0.779. The van der Waals surface area contributed by atoms with E-state index in [0.717, 1.165) is 17.9 Å². The molecule has 1 unspecified atom stereocenters. The van der Waals surface area contributed by atoms with Gasteiger partial charge in [0.2, 0.25) is 0 Å². The van der Waals surface area contributed by atoms with E-state index in [9.17, 15) is 0 Å². The molecule has 2 nitrogen and oxygen atoms in total. The van der Waals surface area contributed by atoms with Gasteiger partial charge in [-0.2, -0.15) is 0 Å². The zero-order chi connectivity index (χ0) is 14.4. The first-order valence-corrected chi connectivity index (χ1v) is 7.29. The summed E-state index contributed by atoms with van der Waals surface area (Å²) in [5.74, 6) is 0.878. The Kier molecular flexibility index (Phi) is 5.72. The van der Waals surface area contributed by atoms with Gasteiger partial charge in [-0.05, 0) is 30.7 Å². The predicted molar refractivity (Wildman–Crippen MR) is 84.8 cm³/mol. The molecule has 0 fully saturated rings. The molecule has 0 aliphatic carbocycles. The number of rotatable bonds is 6. The SMILES string of the molecule is CC(NCCOc1ccccc1)c1cccc(Cl)c1Cl. The highest BCUT2D eigenvalue weighted by atomic mass is 35.5. The van der Waals surface area contributed by atoms with Gasteiger partial charge in [-0.1, -0.05) is 53.5 Å². The molecule has 106 valence electrons. The largest absolute Gasteiger partial charge is 0.492 e. The molecule has 20 heavy (non-hydrogen) atoms. The van der Waals surface area contributed by atoms with Gasteiger partial charge in [-0.25, -0.2) is 0 Å². The van der Waals surface area contributed by atoms with Gasteiger partial charge in [-0.3, -0.25) is 0 Å². The Morgan fingerprint density at radius 2 is 1.80 bits per heavy atom. The van der Waals surface area contributed by atoms with E-state index in [0.29, 0.717) is 16.7 Å². The zero-order valence-electron chi connectivity index (χ0n) is 11.3. The van der Waals surface area contributed by atoms with E-state index in [1.54, 1.807) is 6.07 Å². The lowest BCUT2D eigenvalue weighted by molar-refractivity contribution is 0.307. The smallest absolute Gasteiger partial charge is 0.119 e. The molecule has 0 aliphatic rings. The number of benzene rings is 2. The topological polar surface area (TPSA) is 21.3 Å². The van der Waals surface area contributed by atoms with Crippen molar-refractivity contribution in [3.05, 3.63) is 64.1 Å². The molecule has 4 heteroatoms. The van der Waals surface area contributed by atoms with E-state index >= 15 is 0 Å². The van der Waals surface area contributed by atoms with Gasteiger partial charge in [0.1, 0.15) is 12.4 Å². The third kappa shape index (κ3) is 4.14. The van der Waals surface area contributed by atoms with Gasteiger partial charge in [0.05, 0.1) is 10.0 Å². The van der Waals surface area contributed by atoms with Crippen LogP contribution >= 0.6 is 23.2 Å². The van der Waals surface area contributed by atoms with Crippen molar-refractivity contribution in [2.24, 2.45) is 0 Å². The lowest BCUT2D eigenvalue weighted by Crippen LogP contribution is -2.24. The molecule has 2 rings (SSSR count). The highest BCUT2D eigenvalue weighted by Crippen LogP contribution is 2.29. The average molecular weight is 310 g/mol. The molecule has 0 spiro atoms. The lowest BCUT2D eigenvalue weighted by atomic mass is 10.1. The van der Waals surface area contributed by atoms with Gasteiger partial charge in [0.25, 0.3) is 0 Å². The Morgan fingerprint density at radius 1 is 1.05 bits per heavy atom. The number of nitrogens with one attached hydrogen (secondary N) is 1. The average Bonchev–Trinajstić information content (AvgIpc) is 2.47. The van der Waals surface area contributed by atoms with Crippen molar-refractivity contribution >= 4 is 23.2 Å². The molecule has 2 aromatic rings. The van der Waals surface area contributed by atoms with Crippen LogP contribution in [0.1, 0.15) is 18.5 Å². The van der Waals surface area contributed by atoms with Gasteiger partial charge >= 0.3 is 0 Å². The first-order valence-electron chi connectivity index (χ1n) is 6.53. The second-order valence-electron chi connectivity index (χ2n) is 4.48. The molecule has 0 saturated carbocycles. The fourth-order valence-corrected chi connectivity index (χ4v) is 2.40. The van der Waals surface area contributed by atoms with Crippen molar-refractivity contribution in [3.63, 3.8) is 0 Å². The van der Waals surface area contributed by atoms with Crippen LogP contribution in [0, 0.1) is 0 Å². The molecule has 1 atom stereocenters. The van der Waals surface area contributed by atoms with E-state index in [1.165, 1.54) is 0 Å². The molecule has 0 amide bonds. The van der Waals surface area contributed by atoms with Crippen LogP contribution in [0.2, 0.25) is 10.0 Å². The predicted octanol–water partition coefficient (Wildman–Crippen LogP) is 4.72. The Balaban J connectivity index is 1.81. The highest BCUT2D eigenvalue weighted by Gasteiger charge is 2.10. The Hall–Kier alpha value is -1.22. The van der Waals surface area contributed by atoms with Crippen LogP contribution in [0.4, 0.5) is 0 Å². The minimum Gasteiger partial charge on any atom is -0.492 e. The lowest BCUT2D eigenvalue weighted by Gasteiger charge is -2.16. The van der Waals surface area contributed by atoms with Crippen molar-refractivity contribution in [1.29, 1.82) is 0 Å². The fraction of sp³-hybridized carbons (Fsp3) is 0.250. The van der Waals surface area contributed by atoms with Crippen molar-refractivity contribution in [1.82, 2.24) is 5.32 Å². The summed E-state index contributed by atoms with van der Waals surface area (Å²) >= 11 is 12.2. The van der Waals surface area contributed by atoms with Crippen molar-refractivity contribution in [3.8, 4) is 5.75 Å². The number of hydrogen-bond acceptors (Lipinski definition) is 2. The van der Waals surface area contributed by atoms with Crippen LogP contribution in [0.25, 0.3) is 0 Å². The number of para-hydroxylation sites is 1. The third-order valence-corrected chi connectivity index (χ3v) is 3.85. The maximum Gasteiger partial charge on any atom is 0.119 e. The van der Waals surface area contributed by atoms with Crippen LogP contribution in [-0.4, -0.2) is 13.2 Å². The minimum atomic E-state index is 0.126. The molecule has 1 N–H and O–H groups in total. The van der Waals surface area contributed by atoms with Crippen LogP contribution in [0.5, 0.6) is 5.75 Å². The molecule has 2 aromatic carbocycles. The molecule has 0 aromatic heterocycles. The Labute approximate surface area is 129 Å². The van der Waals surface area contributed by atoms with Gasteiger partial charge in [0.15, 0.2) is 0 Å². The normalized spacial score (nSPS) is 12.2. The van der Waals surface area contributed by atoms with E-state index < -0.39 is 0 Å². The molecule has 0 aliphatic heterocycles. The van der Waals surface area contributed by atoms with E-state index in [2.05, 4.69) is 12.2 Å². The first kappa shape index (κ1) is 15.2. The molecule has 0 heterocycles. The van der Waals surface area contributed by atoms with Crippen molar-refractivity contribution in [2.45, 2.75) is 13.0 Å². The summed E-state index contributed by atoms with van der Waals surface area (Å²) in [6.07, 6.45) is 0. The molecule has 0 radical (unpaired) electrons. The maximum atomic E-state index is 6.19. The van der Waals surface area contributed by atoms with Crippen LogP contribution in [0.3, 0.4) is 0 Å². The number of hydrogen-bond donors (Lipinski definition) is 1. The van der Waals surface area contributed by atoms with Crippen LogP contribution in [0.15, 0.2) is 48.5 Å². The van der Waals surface area contributed by atoms with Crippen LogP contribution in [-0.2, 0) is 0 Å². The van der Waals surface area contributed by atoms with Gasteiger partial charge < -0.3 is 10.1 Å². The molecule has 0 saturated heterocycles. The Bertz CT molecular complexity index is 545. The van der Waals surface area contributed by atoms with Gasteiger partial charge in [-0.15, -0.1) is 0 Å². The Morgan fingerprint density at radius 3 is 2.55 bits per heavy atom. The second-order valence-corrected chi connectivity index (χ2v) is 5.27. The standard InChI is InChI=1S/C16H17Cl2NO/c1-12(14-8-5-9-15(17)16(14)18)19-10-11-20-13-6-3-2-4-7-13/h2-9,12,19H,10-11H2,1H3. The monoisotopic (exact) mass is 309 g/mol. The second kappa shape index (κ2) is 7.53. The van der Waals surface area contributed by atoms with Gasteiger partial charge in [0, 0.05) is 12.6 Å². The maximum absolute atomic E-state index is 6.19. The minimum absolute atomic E-state index is 0.126. The summed E-state index contributed by atoms with van der Waals surface area (Å²) in [4.78, 5) is 0. The first-order chi connectivity index (χ1) is 9.68. The highest BCUT2D eigenvalue weighted by molar-refractivity contribution is 6.42. The van der Waals surface area contributed by atoms with E-state index in [1.807, 2.05) is 42.5 Å². The summed E-state index contributed by atoms with van der Waals surface area (Å²) in [6, 6.07) is 15.6. The summed E-state index contributed by atoms with van der Waals surface area (Å²) in [6.45, 7) is 3.39. The van der Waals surface area contributed by atoms with E-state index in [-0.39, 0.29) is 6.04 Å². The van der Waals surface area contributed by atoms with E-state index in [4.69, 9.17) is 27.9 Å².